The van der Waals surface area contributed by atoms with E-state index in [2.05, 4.69) is 32.9 Å². The molecule has 0 spiro atoms. The van der Waals surface area contributed by atoms with E-state index in [-0.39, 0.29) is 16.8 Å². The number of rotatable bonds is 3. The van der Waals surface area contributed by atoms with E-state index in [9.17, 15) is 9.18 Å². The van der Waals surface area contributed by atoms with Crippen LogP contribution in [-0.2, 0) is 5.41 Å². The van der Waals surface area contributed by atoms with Crippen LogP contribution in [0.4, 0.5) is 4.39 Å². The second-order valence-corrected chi connectivity index (χ2v) is 7.16. The molecule has 1 nitrogen and oxygen atoms in total. The highest BCUT2D eigenvalue weighted by molar-refractivity contribution is 7.99. The van der Waals surface area contributed by atoms with Gasteiger partial charge in [-0.3, -0.25) is 4.79 Å². The lowest BCUT2D eigenvalue weighted by molar-refractivity contribution is 0.101. The lowest BCUT2D eigenvalue weighted by Crippen LogP contribution is -2.10. The molecular formula is C18H19FOS. The van der Waals surface area contributed by atoms with Gasteiger partial charge < -0.3 is 0 Å². The van der Waals surface area contributed by atoms with Crippen molar-refractivity contribution in [1.29, 1.82) is 0 Å². The number of benzene rings is 2. The summed E-state index contributed by atoms with van der Waals surface area (Å²) in [6, 6.07) is 12.9. The van der Waals surface area contributed by atoms with E-state index < -0.39 is 5.82 Å². The smallest absolute Gasteiger partial charge is 0.163 e. The lowest BCUT2D eigenvalue weighted by Gasteiger charge is -2.19. The highest BCUT2D eigenvalue weighted by Crippen LogP contribution is 2.33. The molecule has 0 aliphatic heterocycles. The molecule has 0 N–H and O–H groups in total. The molecule has 0 saturated heterocycles. The maximum absolute atomic E-state index is 13.8. The molecule has 2 aromatic carbocycles. The van der Waals surface area contributed by atoms with Crippen molar-refractivity contribution in [2.45, 2.75) is 42.9 Å². The van der Waals surface area contributed by atoms with Crippen LogP contribution in [0.2, 0.25) is 0 Å². The minimum absolute atomic E-state index is 0.104. The second-order valence-electron chi connectivity index (χ2n) is 6.05. The van der Waals surface area contributed by atoms with Crippen molar-refractivity contribution in [2.75, 3.05) is 0 Å². The van der Waals surface area contributed by atoms with E-state index >= 15 is 0 Å². The third-order valence-electron chi connectivity index (χ3n) is 3.28. The van der Waals surface area contributed by atoms with Crippen LogP contribution in [0.3, 0.4) is 0 Å². The highest BCUT2D eigenvalue weighted by Gasteiger charge is 2.15. The molecular weight excluding hydrogens is 283 g/mol. The van der Waals surface area contributed by atoms with Crippen molar-refractivity contribution in [3.63, 3.8) is 0 Å². The van der Waals surface area contributed by atoms with Crippen LogP contribution in [0.5, 0.6) is 0 Å². The van der Waals surface area contributed by atoms with Crippen LogP contribution in [0, 0.1) is 5.82 Å². The Morgan fingerprint density at radius 1 is 1.05 bits per heavy atom. The van der Waals surface area contributed by atoms with Crippen LogP contribution >= 0.6 is 11.8 Å². The molecule has 0 heterocycles. The fourth-order valence-corrected chi connectivity index (χ4v) is 3.10. The van der Waals surface area contributed by atoms with Gasteiger partial charge >= 0.3 is 0 Å². The lowest BCUT2D eigenvalue weighted by atomic mass is 9.87. The first kappa shape index (κ1) is 15.8. The van der Waals surface area contributed by atoms with Crippen molar-refractivity contribution >= 4 is 17.5 Å². The van der Waals surface area contributed by atoms with Gasteiger partial charge in [0.1, 0.15) is 5.82 Å². The number of ketones is 1. The zero-order valence-corrected chi connectivity index (χ0v) is 13.6. The molecule has 0 saturated carbocycles. The number of hydrogen-bond acceptors (Lipinski definition) is 2. The van der Waals surface area contributed by atoms with Crippen molar-refractivity contribution in [1.82, 2.24) is 0 Å². The van der Waals surface area contributed by atoms with E-state index in [1.54, 1.807) is 12.1 Å². The van der Waals surface area contributed by atoms with E-state index in [0.29, 0.717) is 4.90 Å². The summed E-state index contributed by atoms with van der Waals surface area (Å²) in [6.07, 6.45) is 0. The summed E-state index contributed by atoms with van der Waals surface area (Å²) in [5.74, 6) is -0.708. The van der Waals surface area contributed by atoms with E-state index in [1.807, 2.05) is 12.1 Å². The zero-order chi connectivity index (χ0) is 15.6. The number of Topliss-reactive ketones (excluding diaryl/α,β-unsaturated/α-hetero) is 1. The van der Waals surface area contributed by atoms with Crippen molar-refractivity contribution in [3.05, 3.63) is 59.4 Å². The largest absolute Gasteiger partial charge is 0.294 e. The minimum Gasteiger partial charge on any atom is -0.294 e. The zero-order valence-electron chi connectivity index (χ0n) is 12.7. The quantitative estimate of drug-likeness (QED) is 0.699. The van der Waals surface area contributed by atoms with Gasteiger partial charge in [-0.2, -0.15) is 0 Å². The third-order valence-corrected chi connectivity index (χ3v) is 4.34. The molecule has 0 fully saturated rings. The maximum atomic E-state index is 13.8. The van der Waals surface area contributed by atoms with Gasteiger partial charge in [-0.25, -0.2) is 4.39 Å². The van der Waals surface area contributed by atoms with Crippen LogP contribution < -0.4 is 0 Å². The topological polar surface area (TPSA) is 17.1 Å². The summed E-state index contributed by atoms with van der Waals surface area (Å²) < 4.78 is 13.8. The van der Waals surface area contributed by atoms with E-state index in [4.69, 9.17) is 0 Å². The van der Waals surface area contributed by atoms with Gasteiger partial charge in [0.25, 0.3) is 0 Å². The first-order valence-corrected chi connectivity index (χ1v) is 7.68. The van der Waals surface area contributed by atoms with Gasteiger partial charge in [0, 0.05) is 9.79 Å². The number of hydrogen-bond donors (Lipinski definition) is 0. The first-order chi connectivity index (χ1) is 9.79. The molecule has 0 amide bonds. The molecule has 0 radical (unpaired) electrons. The second kappa shape index (κ2) is 6.02. The Hall–Kier alpha value is -1.61. The van der Waals surface area contributed by atoms with Gasteiger partial charge in [-0.1, -0.05) is 50.7 Å². The van der Waals surface area contributed by atoms with Gasteiger partial charge in [0.15, 0.2) is 5.78 Å². The Morgan fingerprint density at radius 2 is 1.67 bits per heavy atom. The van der Waals surface area contributed by atoms with Gasteiger partial charge in [0.2, 0.25) is 0 Å². The van der Waals surface area contributed by atoms with Crippen LogP contribution in [0.15, 0.2) is 52.3 Å². The normalized spacial score (nSPS) is 11.5. The molecule has 21 heavy (non-hydrogen) atoms. The van der Waals surface area contributed by atoms with Gasteiger partial charge in [-0.05, 0) is 42.2 Å². The summed E-state index contributed by atoms with van der Waals surface area (Å²) in [7, 11) is 0. The Kier molecular flexibility index (Phi) is 4.52. The summed E-state index contributed by atoms with van der Waals surface area (Å²) in [5, 5.41) is 0. The standard InChI is InChI=1S/C18H19FOS/c1-12(20)17-15(19)6-5-7-16(17)21-14-10-8-13(9-11-14)18(2,3)4/h5-11H,1-4H3. The molecule has 0 bridgehead atoms. The van der Waals surface area contributed by atoms with Crippen molar-refractivity contribution in [3.8, 4) is 0 Å². The molecule has 110 valence electrons. The predicted octanol–water partition coefficient (Wildman–Crippen LogP) is 5.48. The summed E-state index contributed by atoms with van der Waals surface area (Å²) in [5.41, 5.74) is 1.52. The third kappa shape index (κ3) is 3.73. The average molecular weight is 302 g/mol. The Bertz CT molecular complexity index is 654. The molecule has 2 aromatic rings. The Morgan fingerprint density at radius 3 is 2.19 bits per heavy atom. The van der Waals surface area contributed by atoms with E-state index in [0.717, 1.165) is 4.90 Å². The first-order valence-electron chi connectivity index (χ1n) is 6.87. The summed E-state index contributed by atoms with van der Waals surface area (Å²) in [4.78, 5) is 13.3. The van der Waals surface area contributed by atoms with E-state index in [1.165, 1.54) is 30.3 Å². The van der Waals surface area contributed by atoms with Crippen molar-refractivity contribution < 1.29 is 9.18 Å². The fraction of sp³-hybridized carbons (Fsp3) is 0.278. The average Bonchev–Trinajstić information content (AvgIpc) is 2.38. The van der Waals surface area contributed by atoms with Crippen LogP contribution in [0.1, 0.15) is 43.6 Å². The van der Waals surface area contributed by atoms with Crippen LogP contribution in [0.25, 0.3) is 0 Å². The Labute approximate surface area is 129 Å². The number of carbonyl (C=O) groups excluding carboxylic acids is 1. The molecule has 3 heteroatoms. The number of halogens is 1. The summed E-state index contributed by atoms with van der Waals surface area (Å²) >= 11 is 1.42. The maximum Gasteiger partial charge on any atom is 0.163 e. The molecule has 0 atom stereocenters. The molecule has 0 aliphatic rings. The van der Waals surface area contributed by atoms with Gasteiger partial charge in [0.05, 0.1) is 5.56 Å². The van der Waals surface area contributed by atoms with Crippen molar-refractivity contribution in [2.24, 2.45) is 0 Å². The number of carbonyl (C=O) groups is 1. The monoisotopic (exact) mass is 302 g/mol. The molecule has 0 aromatic heterocycles. The fourth-order valence-electron chi connectivity index (χ4n) is 2.08. The molecule has 0 unspecified atom stereocenters. The minimum atomic E-state index is -0.459. The molecule has 2 rings (SSSR count). The van der Waals surface area contributed by atoms with Crippen LogP contribution in [-0.4, -0.2) is 5.78 Å². The SMILES string of the molecule is CC(=O)c1c(F)cccc1Sc1ccc(C(C)(C)C)cc1. The Balaban J connectivity index is 2.31. The van der Waals surface area contributed by atoms with Gasteiger partial charge in [-0.15, -0.1) is 0 Å². The predicted molar refractivity (Wildman–Crippen MR) is 85.7 cm³/mol. The summed E-state index contributed by atoms with van der Waals surface area (Å²) in [6.45, 7) is 7.88. The highest BCUT2D eigenvalue weighted by atomic mass is 32.2. The molecule has 0 aliphatic carbocycles.